The first kappa shape index (κ1) is 12.9. The van der Waals surface area contributed by atoms with Gasteiger partial charge in [0.25, 0.3) is 0 Å². The zero-order valence-corrected chi connectivity index (χ0v) is 10.9. The minimum atomic E-state index is -0.657. The van der Waals surface area contributed by atoms with Gasteiger partial charge >= 0.3 is 0 Å². The van der Waals surface area contributed by atoms with Gasteiger partial charge in [-0.25, -0.2) is 4.39 Å². The average Bonchev–Trinajstić information content (AvgIpc) is 2.48. The highest BCUT2D eigenvalue weighted by molar-refractivity contribution is 5.86. The first-order valence-electron chi connectivity index (χ1n) is 6.27. The number of aromatic hydroxyl groups is 1. The smallest absolute Gasteiger partial charge is 0.169 e. The Labute approximate surface area is 120 Å². The number of halogens is 1. The highest BCUT2D eigenvalue weighted by Gasteiger charge is 2.12. The van der Waals surface area contributed by atoms with Crippen LogP contribution >= 0.6 is 0 Å². The third-order valence-corrected chi connectivity index (χ3v) is 3.13. The van der Waals surface area contributed by atoms with Crippen LogP contribution < -0.4 is 4.74 Å². The summed E-state index contributed by atoms with van der Waals surface area (Å²) >= 11 is 0. The lowest BCUT2D eigenvalue weighted by molar-refractivity contribution is 0.410. The zero-order chi connectivity index (χ0) is 14.8. The van der Waals surface area contributed by atoms with Gasteiger partial charge in [-0.2, -0.15) is 5.26 Å². The molecule has 4 heteroatoms. The van der Waals surface area contributed by atoms with Crippen molar-refractivity contribution >= 4 is 10.8 Å². The second-order valence-corrected chi connectivity index (χ2v) is 4.49. The molecule has 21 heavy (non-hydrogen) atoms. The molecule has 0 saturated carbocycles. The fourth-order valence-electron chi connectivity index (χ4n) is 2.11. The van der Waals surface area contributed by atoms with E-state index in [2.05, 4.69) is 0 Å². The summed E-state index contributed by atoms with van der Waals surface area (Å²) in [5.74, 6) is -0.476. The van der Waals surface area contributed by atoms with Crippen LogP contribution in [0.25, 0.3) is 10.8 Å². The van der Waals surface area contributed by atoms with E-state index in [4.69, 9.17) is 10.00 Å². The molecule has 102 valence electrons. The van der Waals surface area contributed by atoms with E-state index in [0.717, 1.165) is 10.8 Å². The van der Waals surface area contributed by atoms with Crippen molar-refractivity contribution in [2.45, 2.75) is 0 Å². The summed E-state index contributed by atoms with van der Waals surface area (Å²) < 4.78 is 19.0. The molecule has 0 saturated heterocycles. The highest BCUT2D eigenvalue weighted by atomic mass is 19.1. The molecule has 1 N–H and O–H groups in total. The summed E-state index contributed by atoms with van der Waals surface area (Å²) in [5, 5.41) is 20.7. The quantitative estimate of drug-likeness (QED) is 0.758. The van der Waals surface area contributed by atoms with Crippen molar-refractivity contribution in [3.63, 3.8) is 0 Å². The fraction of sp³-hybridized carbons (Fsp3) is 0. The maximum Gasteiger partial charge on any atom is 0.169 e. The molecule has 0 radical (unpaired) electrons. The zero-order valence-electron chi connectivity index (χ0n) is 10.9. The second kappa shape index (κ2) is 5.14. The molecule has 0 atom stereocenters. The Morgan fingerprint density at radius 3 is 2.38 bits per heavy atom. The third kappa shape index (κ3) is 2.37. The van der Waals surface area contributed by atoms with E-state index in [0.29, 0.717) is 0 Å². The molecule has 0 amide bonds. The fourth-order valence-corrected chi connectivity index (χ4v) is 2.11. The van der Waals surface area contributed by atoms with E-state index >= 15 is 0 Å². The molecule has 0 aromatic heterocycles. The average molecular weight is 279 g/mol. The van der Waals surface area contributed by atoms with Crippen LogP contribution in [0.3, 0.4) is 0 Å². The summed E-state index contributed by atoms with van der Waals surface area (Å²) in [6.45, 7) is 0. The lowest BCUT2D eigenvalue weighted by Crippen LogP contribution is -1.92. The van der Waals surface area contributed by atoms with Crippen molar-refractivity contribution in [2.24, 2.45) is 0 Å². The van der Waals surface area contributed by atoms with Crippen LogP contribution in [0.1, 0.15) is 5.56 Å². The molecule has 0 aliphatic rings. The molecule has 3 nitrogen and oxygen atoms in total. The van der Waals surface area contributed by atoms with E-state index in [9.17, 15) is 9.50 Å². The van der Waals surface area contributed by atoms with E-state index in [-0.39, 0.29) is 22.8 Å². The SMILES string of the molecule is N#Cc1c(F)cccc1Oc1cc2ccccc2cc1O. The molecule has 0 fully saturated rings. The predicted octanol–water partition coefficient (Wildman–Crippen LogP) is 4.35. The van der Waals surface area contributed by atoms with Crippen molar-refractivity contribution in [1.82, 2.24) is 0 Å². The van der Waals surface area contributed by atoms with Crippen LogP contribution in [0, 0.1) is 17.1 Å². The molecule has 3 aromatic carbocycles. The second-order valence-electron chi connectivity index (χ2n) is 4.49. The summed E-state index contributed by atoms with van der Waals surface area (Å²) in [4.78, 5) is 0. The molecule has 0 spiro atoms. The van der Waals surface area contributed by atoms with Crippen molar-refractivity contribution in [2.75, 3.05) is 0 Å². The van der Waals surface area contributed by atoms with Gasteiger partial charge in [0.1, 0.15) is 23.2 Å². The van der Waals surface area contributed by atoms with Crippen molar-refractivity contribution in [3.05, 3.63) is 66.0 Å². The summed E-state index contributed by atoms with van der Waals surface area (Å²) in [6, 6.07) is 16.6. The Morgan fingerprint density at radius 1 is 0.952 bits per heavy atom. The number of fused-ring (bicyclic) bond motifs is 1. The highest BCUT2D eigenvalue weighted by Crippen LogP contribution is 2.36. The first-order chi connectivity index (χ1) is 10.2. The lowest BCUT2D eigenvalue weighted by Gasteiger charge is -2.10. The Balaban J connectivity index is 2.08. The lowest BCUT2D eigenvalue weighted by atomic mass is 10.1. The number of hydrogen-bond donors (Lipinski definition) is 1. The summed E-state index contributed by atoms with van der Waals surface area (Å²) in [5.41, 5.74) is -0.190. The standard InChI is InChI=1S/C17H10FNO2/c18-14-6-3-7-16(13(14)10-19)21-17-9-12-5-2-1-4-11(12)8-15(17)20/h1-9,20H. The van der Waals surface area contributed by atoms with Crippen molar-refractivity contribution in [3.8, 4) is 23.3 Å². The molecule has 0 aliphatic heterocycles. The maximum atomic E-state index is 13.5. The van der Waals surface area contributed by atoms with Crippen LogP contribution in [-0.2, 0) is 0 Å². The Kier molecular flexibility index (Phi) is 3.17. The molecule has 0 aliphatic carbocycles. The third-order valence-electron chi connectivity index (χ3n) is 3.13. The molecule has 0 unspecified atom stereocenters. The van der Waals surface area contributed by atoms with Crippen LogP contribution in [0.4, 0.5) is 4.39 Å². The van der Waals surface area contributed by atoms with Gasteiger partial charge in [0.15, 0.2) is 11.5 Å². The number of phenolic OH excluding ortho intramolecular Hbond substituents is 1. The van der Waals surface area contributed by atoms with Gasteiger partial charge in [0.05, 0.1) is 0 Å². The largest absolute Gasteiger partial charge is 0.504 e. The normalized spacial score (nSPS) is 10.3. The summed E-state index contributed by atoms with van der Waals surface area (Å²) in [7, 11) is 0. The van der Waals surface area contributed by atoms with Crippen LogP contribution in [0.2, 0.25) is 0 Å². The number of nitrogens with zero attached hydrogens (tertiary/aromatic N) is 1. The number of hydrogen-bond acceptors (Lipinski definition) is 3. The maximum absolute atomic E-state index is 13.5. The number of ether oxygens (including phenoxy) is 1. The van der Waals surface area contributed by atoms with Crippen molar-refractivity contribution in [1.29, 1.82) is 5.26 Å². The van der Waals surface area contributed by atoms with E-state index in [1.54, 1.807) is 18.2 Å². The summed E-state index contributed by atoms with van der Waals surface area (Å²) in [6.07, 6.45) is 0. The topological polar surface area (TPSA) is 53.2 Å². The number of rotatable bonds is 2. The Bertz CT molecular complexity index is 868. The van der Waals surface area contributed by atoms with E-state index in [1.165, 1.54) is 18.2 Å². The monoisotopic (exact) mass is 279 g/mol. The Hall–Kier alpha value is -3.06. The minimum Gasteiger partial charge on any atom is -0.504 e. The minimum absolute atomic E-state index is 0.0677. The van der Waals surface area contributed by atoms with Crippen LogP contribution in [0.15, 0.2) is 54.6 Å². The van der Waals surface area contributed by atoms with Crippen molar-refractivity contribution < 1.29 is 14.2 Å². The van der Waals surface area contributed by atoms with E-state index in [1.807, 2.05) is 24.3 Å². The van der Waals surface area contributed by atoms with Crippen LogP contribution in [-0.4, -0.2) is 5.11 Å². The molecule has 0 bridgehead atoms. The number of benzene rings is 3. The number of nitriles is 1. The van der Waals surface area contributed by atoms with Gasteiger partial charge < -0.3 is 9.84 Å². The van der Waals surface area contributed by atoms with Gasteiger partial charge in [0, 0.05) is 0 Å². The van der Waals surface area contributed by atoms with Gasteiger partial charge in [-0.15, -0.1) is 0 Å². The predicted molar refractivity (Wildman–Crippen MR) is 76.8 cm³/mol. The van der Waals surface area contributed by atoms with Gasteiger partial charge in [-0.1, -0.05) is 30.3 Å². The van der Waals surface area contributed by atoms with E-state index < -0.39 is 5.82 Å². The van der Waals surface area contributed by atoms with Crippen LogP contribution in [0.5, 0.6) is 17.2 Å². The molecule has 3 aromatic rings. The van der Waals surface area contributed by atoms with Gasteiger partial charge in [-0.05, 0) is 35.0 Å². The Morgan fingerprint density at radius 2 is 1.67 bits per heavy atom. The molecular weight excluding hydrogens is 269 g/mol. The number of phenols is 1. The molecule has 0 heterocycles. The van der Waals surface area contributed by atoms with Gasteiger partial charge in [0.2, 0.25) is 0 Å². The first-order valence-corrected chi connectivity index (χ1v) is 6.27. The molecule has 3 rings (SSSR count). The molecular formula is C17H10FNO2. The van der Waals surface area contributed by atoms with Gasteiger partial charge in [-0.3, -0.25) is 0 Å².